The number of aromatic amines is 1. The van der Waals surface area contributed by atoms with E-state index in [9.17, 15) is 4.79 Å². The molecule has 0 aliphatic rings. The van der Waals surface area contributed by atoms with Crippen molar-refractivity contribution in [2.24, 2.45) is 5.73 Å². The zero-order valence-electron chi connectivity index (χ0n) is 12.0. The molecule has 0 aliphatic heterocycles. The molecule has 3 rings (SSSR count). The van der Waals surface area contributed by atoms with E-state index in [1.165, 1.54) is 0 Å². The fourth-order valence-corrected chi connectivity index (χ4v) is 2.35. The minimum atomic E-state index is 0.0378. The lowest BCUT2D eigenvalue weighted by Crippen LogP contribution is -2.07. The number of benzene rings is 1. The van der Waals surface area contributed by atoms with Gasteiger partial charge in [-0.2, -0.15) is 0 Å². The van der Waals surface area contributed by atoms with Gasteiger partial charge in [-0.25, -0.2) is 4.98 Å². The first-order valence-electron chi connectivity index (χ1n) is 6.71. The standard InChI is InChI=1S/C15H17N5O/c1-9(21)10-3-4-12-13(5-10)19-15(18-12)14-6-11(17-2)7-20(14)8-16/h3-7,17H,8,16H2,1-2H3,(H,18,19). The molecule has 21 heavy (non-hydrogen) atoms. The van der Waals surface area contributed by atoms with Crippen molar-refractivity contribution in [1.29, 1.82) is 0 Å². The molecule has 0 radical (unpaired) electrons. The lowest BCUT2D eigenvalue weighted by Gasteiger charge is -2.01. The van der Waals surface area contributed by atoms with Crippen LogP contribution in [-0.2, 0) is 6.67 Å². The largest absolute Gasteiger partial charge is 0.387 e. The van der Waals surface area contributed by atoms with Gasteiger partial charge < -0.3 is 20.6 Å². The topological polar surface area (TPSA) is 88.7 Å². The third-order valence-corrected chi connectivity index (χ3v) is 3.51. The van der Waals surface area contributed by atoms with Crippen molar-refractivity contribution in [3.05, 3.63) is 36.0 Å². The molecule has 0 unspecified atom stereocenters. The quantitative estimate of drug-likeness (QED) is 0.640. The first-order valence-corrected chi connectivity index (χ1v) is 6.71. The monoisotopic (exact) mass is 283 g/mol. The van der Waals surface area contributed by atoms with Crippen LogP contribution >= 0.6 is 0 Å². The maximum Gasteiger partial charge on any atom is 0.159 e. The van der Waals surface area contributed by atoms with E-state index in [0.717, 1.165) is 28.2 Å². The van der Waals surface area contributed by atoms with E-state index in [0.29, 0.717) is 12.2 Å². The SMILES string of the molecule is CNc1cc(-c2nc3ccc(C(C)=O)cc3[nH]2)n(CN)c1. The van der Waals surface area contributed by atoms with E-state index in [1.807, 2.05) is 36.0 Å². The summed E-state index contributed by atoms with van der Waals surface area (Å²) in [5.74, 6) is 0.772. The Morgan fingerprint density at radius 3 is 2.90 bits per heavy atom. The van der Waals surface area contributed by atoms with Gasteiger partial charge in [0.15, 0.2) is 11.6 Å². The van der Waals surface area contributed by atoms with Gasteiger partial charge in [-0.3, -0.25) is 4.79 Å². The Balaban J connectivity index is 2.12. The molecule has 0 saturated carbocycles. The van der Waals surface area contributed by atoms with E-state index in [4.69, 9.17) is 5.73 Å². The molecule has 3 aromatic rings. The van der Waals surface area contributed by atoms with Crippen LogP contribution in [0, 0.1) is 0 Å². The average molecular weight is 283 g/mol. The molecule has 2 aromatic heterocycles. The van der Waals surface area contributed by atoms with Gasteiger partial charge in [-0.05, 0) is 31.2 Å². The molecule has 0 atom stereocenters. The van der Waals surface area contributed by atoms with Gasteiger partial charge >= 0.3 is 0 Å². The van der Waals surface area contributed by atoms with Crippen LogP contribution in [0.4, 0.5) is 5.69 Å². The van der Waals surface area contributed by atoms with Crippen molar-refractivity contribution in [3.63, 3.8) is 0 Å². The summed E-state index contributed by atoms with van der Waals surface area (Å²) in [5, 5.41) is 3.09. The highest BCUT2D eigenvalue weighted by atomic mass is 16.1. The first kappa shape index (κ1) is 13.4. The molecule has 0 fully saturated rings. The number of hydrogen-bond donors (Lipinski definition) is 3. The minimum Gasteiger partial charge on any atom is -0.387 e. The maximum absolute atomic E-state index is 11.4. The minimum absolute atomic E-state index is 0.0378. The van der Waals surface area contributed by atoms with Gasteiger partial charge in [-0.15, -0.1) is 0 Å². The van der Waals surface area contributed by atoms with Crippen molar-refractivity contribution < 1.29 is 4.79 Å². The third kappa shape index (κ3) is 2.30. The van der Waals surface area contributed by atoms with Crippen LogP contribution in [-0.4, -0.2) is 27.4 Å². The predicted octanol–water partition coefficient (Wildman–Crippen LogP) is 2.19. The van der Waals surface area contributed by atoms with Crippen molar-refractivity contribution in [1.82, 2.24) is 14.5 Å². The maximum atomic E-state index is 11.4. The molecular weight excluding hydrogens is 266 g/mol. The Morgan fingerprint density at radius 2 is 2.24 bits per heavy atom. The molecule has 4 N–H and O–H groups in total. The van der Waals surface area contributed by atoms with Crippen molar-refractivity contribution in [2.75, 3.05) is 12.4 Å². The Bertz CT molecular complexity index is 815. The Kier molecular flexibility index (Phi) is 3.23. The highest BCUT2D eigenvalue weighted by molar-refractivity contribution is 5.97. The summed E-state index contributed by atoms with van der Waals surface area (Å²) in [5.41, 5.74) is 9.98. The Hall–Kier alpha value is -2.60. The van der Waals surface area contributed by atoms with E-state index < -0.39 is 0 Å². The van der Waals surface area contributed by atoms with Crippen LogP contribution in [0.2, 0.25) is 0 Å². The summed E-state index contributed by atoms with van der Waals surface area (Å²) in [4.78, 5) is 19.3. The zero-order valence-corrected chi connectivity index (χ0v) is 12.0. The fraction of sp³-hybridized carbons (Fsp3) is 0.200. The second kappa shape index (κ2) is 5.06. The van der Waals surface area contributed by atoms with Gasteiger partial charge in [0.2, 0.25) is 0 Å². The molecule has 6 heteroatoms. The molecule has 0 amide bonds. The molecule has 0 spiro atoms. The van der Waals surface area contributed by atoms with E-state index in [2.05, 4.69) is 15.3 Å². The molecule has 6 nitrogen and oxygen atoms in total. The number of rotatable bonds is 4. The molecule has 2 heterocycles. The van der Waals surface area contributed by atoms with Crippen LogP contribution in [0.5, 0.6) is 0 Å². The van der Waals surface area contributed by atoms with E-state index in [1.54, 1.807) is 13.0 Å². The van der Waals surface area contributed by atoms with Crippen molar-refractivity contribution in [2.45, 2.75) is 13.6 Å². The molecule has 0 bridgehead atoms. The van der Waals surface area contributed by atoms with Gasteiger partial charge in [-0.1, -0.05) is 0 Å². The summed E-state index contributed by atoms with van der Waals surface area (Å²) in [7, 11) is 1.86. The van der Waals surface area contributed by atoms with Crippen LogP contribution in [0.15, 0.2) is 30.5 Å². The third-order valence-electron chi connectivity index (χ3n) is 3.51. The first-order chi connectivity index (χ1) is 10.1. The van der Waals surface area contributed by atoms with Crippen LogP contribution in [0.3, 0.4) is 0 Å². The summed E-state index contributed by atoms with van der Waals surface area (Å²) in [6.07, 6.45) is 1.93. The van der Waals surface area contributed by atoms with Gasteiger partial charge in [0.25, 0.3) is 0 Å². The number of ketones is 1. The predicted molar refractivity (Wildman–Crippen MR) is 83.3 cm³/mol. The summed E-state index contributed by atoms with van der Waals surface area (Å²) >= 11 is 0. The van der Waals surface area contributed by atoms with E-state index in [-0.39, 0.29) is 5.78 Å². The fourth-order valence-electron chi connectivity index (χ4n) is 2.35. The number of nitrogens with one attached hydrogen (secondary N) is 2. The van der Waals surface area contributed by atoms with Crippen molar-refractivity contribution >= 4 is 22.5 Å². The molecular formula is C15H17N5O. The summed E-state index contributed by atoms with van der Waals surface area (Å²) < 4.78 is 1.91. The van der Waals surface area contributed by atoms with Gasteiger partial charge in [0.1, 0.15) is 0 Å². The second-order valence-corrected chi connectivity index (χ2v) is 4.89. The molecule has 1 aromatic carbocycles. The highest BCUT2D eigenvalue weighted by Crippen LogP contribution is 2.25. The van der Waals surface area contributed by atoms with Crippen LogP contribution in [0.25, 0.3) is 22.6 Å². The number of nitrogens with two attached hydrogens (primary N) is 1. The molecule has 108 valence electrons. The number of H-pyrrole nitrogens is 1. The lowest BCUT2D eigenvalue weighted by atomic mass is 10.1. The number of fused-ring (bicyclic) bond motifs is 1. The number of carbonyl (C=O) groups is 1. The normalized spacial score (nSPS) is 11.0. The zero-order chi connectivity index (χ0) is 15.0. The summed E-state index contributed by atoms with van der Waals surface area (Å²) in [6.45, 7) is 1.92. The Morgan fingerprint density at radius 1 is 1.43 bits per heavy atom. The van der Waals surface area contributed by atoms with Crippen LogP contribution in [0.1, 0.15) is 17.3 Å². The number of aromatic nitrogens is 3. The average Bonchev–Trinajstić information content (AvgIpc) is 3.09. The smallest absolute Gasteiger partial charge is 0.159 e. The second-order valence-electron chi connectivity index (χ2n) is 4.89. The van der Waals surface area contributed by atoms with E-state index >= 15 is 0 Å². The number of Topliss-reactive ketones (excluding diaryl/α,β-unsaturated/α-hetero) is 1. The molecule has 0 saturated heterocycles. The molecule has 0 aliphatic carbocycles. The van der Waals surface area contributed by atoms with Crippen molar-refractivity contribution in [3.8, 4) is 11.5 Å². The highest BCUT2D eigenvalue weighted by Gasteiger charge is 2.12. The number of nitrogens with zero attached hydrogens (tertiary/aromatic N) is 2. The number of hydrogen-bond acceptors (Lipinski definition) is 4. The lowest BCUT2D eigenvalue weighted by molar-refractivity contribution is 0.101. The van der Waals surface area contributed by atoms with Crippen LogP contribution < -0.4 is 11.1 Å². The number of carbonyl (C=O) groups excluding carboxylic acids is 1. The number of anilines is 1. The van der Waals surface area contributed by atoms with Gasteiger partial charge in [0.05, 0.1) is 29.1 Å². The summed E-state index contributed by atoms with van der Waals surface area (Å²) in [6, 6.07) is 7.44. The van der Waals surface area contributed by atoms with Gasteiger partial charge in [0, 0.05) is 18.8 Å². The number of imidazole rings is 1. The Labute approximate surface area is 122 Å².